The first-order chi connectivity index (χ1) is 11.2. The van der Waals surface area contributed by atoms with Gasteiger partial charge in [0.15, 0.2) is 0 Å². The summed E-state index contributed by atoms with van der Waals surface area (Å²) in [4.78, 5) is 22.1. The van der Waals surface area contributed by atoms with Crippen LogP contribution >= 0.6 is 11.3 Å². The zero-order valence-electron chi connectivity index (χ0n) is 14.2. The fourth-order valence-electron chi connectivity index (χ4n) is 2.31. The van der Waals surface area contributed by atoms with Crippen molar-refractivity contribution in [3.8, 4) is 0 Å². The Balaban J connectivity index is 2.30. The van der Waals surface area contributed by atoms with Gasteiger partial charge in [-0.15, -0.1) is 11.3 Å². The summed E-state index contributed by atoms with van der Waals surface area (Å²) in [6.45, 7) is 6.17. The van der Waals surface area contributed by atoms with Crippen molar-refractivity contribution in [2.24, 2.45) is 0 Å². The maximum absolute atomic E-state index is 12.1. The summed E-state index contributed by atoms with van der Waals surface area (Å²) in [6.07, 6.45) is 1.70. The maximum atomic E-state index is 12.1. The highest BCUT2D eigenvalue weighted by Crippen LogP contribution is 2.34. The van der Waals surface area contributed by atoms with Crippen molar-refractivity contribution in [2.75, 3.05) is 30.5 Å². The number of nitrogens with zero attached hydrogens (tertiary/aromatic N) is 2. The fraction of sp³-hybridized carbons (Fsp3) is 0.533. The quantitative estimate of drug-likeness (QED) is 0.589. The number of aromatic nitrogens is 2. The van der Waals surface area contributed by atoms with E-state index in [4.69, 9.17) is 4.74 Å². The second kappa shape index (κ2) is 7.43. The third-order valence-corrected chi connectivity index (χ3v) is 5.54. The van der Waals surface area contributed by atoms with Crippen molar-refractivity contribution in [2.45, 2.75) is 27.2 Å². The van der Waals surface area contributed by atoms with Crippen molar-refractivity contribution in [1.29, 1.82) is 0 Å². The molecule has 2 rings (SSSR count). The van der Waals surface area contributed by atoms with Gasteiger partial charge in [0.1, 0.15) is 31.2 Å². The number of esters is 1. The van der Waals surface area contributed by atoms with Crippen molar-refractivity contribution in [3.63, 3.8) is 0 Å². The summed E-state index contributed by atoms with van der Waals surface area (Å²) in [5.41, 5.74) is 0.777. The van der Waals surface area contributed by atoms with Gasteiger partial charge < -0.3 is 10.1 Å². The highest BCUT2D eigenvalue weighted by molar-refractivity contribution is 7.90. The number of sulfone groups is 1. The van der Waals surface area contributed by atoms with Crippen LogP contribution in [-0.4, -0.2) is 49.5 Å². The van der Waals surface area contributed by atoms with Gasteiger partial charge in [0, 0.05) is 12.8 Å². The number of hydrogen-bond acceptors (Lipinski definition) is 8. The van der Waals surface area contributed by atoms with Crippen LogP contribution in [0.5, 0.6) is 0 Å². The predicted molar refractivity (Wildman–Crippen MR) is 95.7 cm³/mol. The van der Waals surface area contributed by atoms with E-state index in [0.717, 1.165) is 10.9 Å². The molecule has 0 aliphatic heterocycles. The molecular formula is C15H21N3O4S2. The van der Waals surface area contributed by atoms with Crippen molar-refractivity contribution >= 4 is 43.2 Å². The van der Waals surface area contributed by atoms with Crippen LogP contribution in [0.25, 0.3) is 10.2 Å². The highest BCUT2D eigenvalue weighted by atomic mass is 32.2. The molecule has 0 saturated carbocycles. The first-order valence-electron chi connectivity index (χ1n) is 7.59. The van der Waals surface area contributed by atoms with E-state index in [1.54, 1.807) is 13.8 Å². The number of aryl methyl sites for hydroxylation is 2. The van der Waals surface area contributed by atoms with Gasteiger partial charge in [0.2, 0.25) is 0 Å². The minimum absolute atomic E-state index is 0.115. The van der Waals surface area contributed by atoms with Gasteiger partial charge in [-0.1, -0.05) is 0 Å². The molecule has 0 amide bonds. The number of ether oxygens (including phenoxy) is 1. The first kappa shape index (κ1) is 18.6. The lowest BCUT2D eigenvalue weighted by Gasteiger charge is -2.08. The van der Waals surface area contributed by atoms with Gasteiger partial charge in [0.05, 0.1) is 17.7 Å². The molecule has 0 fully saturated rings. The van der Waals surface area contributed by atoms with Crippen LogP contribution in [0.15, 0.2) is 0 Å². The molecule has 24 heavy (non-hydrogen) atoms. The molecule has 0 aromatic carbocycles. The first-order valence-corrected chi connectivity index (χ1v) is 10.5. The molecule has 132 valence electrons. The molecule has 2 aromatic heterocycles. The Morgan fingerprint density at radius 2 is 2.00 bits per heavy atom. The third-order valence-electron chi connectivity index (χ3n) is 3.35. The number of rotatable bonds is 7. The van der Waals surface area contributed by atoms with E-state index in [2.05, 4.69) is 15.3 Å². The number of nitrogens with one attached hydrogen (secondary N) is 1. The van der Waals surface area contributed by atoms with E-state index in [9.17, 15) is 13.2 Å². The number of anilines is 1. The Labute approximate surface area is 145 Å². The zero-order chi connectivity index (χ0) is 17.9. The van der Waals surface area contributed by atoms with Crippen molar-refractivity contribution in [3.05, 3.63) is 16.3 Å². The van der Waals surface area contributed by atoms with Crippen LogP contribution in [0.1, 0.15) is 34.4 Å². The number of carbonyl (C=O) groups is 1. The molecule has 0 aliphatic carbocycles. The van der Waals surface area contributed by atoms with Crippen LogP contribution in [0, 0.1) is 13.8 Å². The molecule has 2 heterocycles. The molecule has 0 saturated heterocycles. The monoisotopic (exact) mass is 371 g/mol. The van der Waals surface area contributed by atoms with Gasteiger partial charge in [-0.05, 0) is 32.8 Å². The van der Waals surface area contributed by atoms with E-state index < -0.39 is 9.84 Å². The Morgan fingerprint density at radius 3 is 2.62 bits per heavy atom. The van der Waals surface area contributed by atoms with E-state index in [1.165, 1.54) is 17.6 Å². The lowest BCUT2D eigenvalue weighted by Crippen LogP contribution is -2.11. The summed E-state index contributed by atoms with van der Waals surface area (Å²) >= 11 is 1.28. The molecular weight excluding hydrogens is 350 g/mol. The lowest BCUT2D eigenvalue weighted by molar-refractivity contribution is 0.0531. The minimum Gasteiger partial charge on any atom is -0.462 e. The second-order valence-corrected chi connectivity index (χ2v) is 8.75. The average Bonchev–Trinajstić information content (AvgIpc) is 2.79. The maximum Gasteiger partial charge on any atom is 0.348 e. The normalized spacial score (nSPS) is 11.7. The summed E-state index contributed by atoms with van der Waals surface area (Å²) in [5, 5.41) is 3.95. The molecule has 0 bridgehead atoms. The molecule has 2 aromatic rings. The Hall–Kier alpha value is -1.74. The Kier molecular flexibility index (Phi) is 5.76. The van der Waals surface area contributed by atoms with Crippen LogP contribution in [-0.2, 0) is 14.6 Å². The zero-order valence-corrected chi connectivity index (χ0v) is 15.8. The molecule has 0 radical (unpaired) electrons. The fourth-order valence-corrected chi connectivity index (χ4v) is 4.09. The molecule has 0 aliphatic rings. The SMILES string of the molecule is CCOC(=O)c1sc2nc(C)nc(NCCCS(C)(=O)=O)c2c1C. The molecule has 9 heteroatoms. The minimum atomic E-state index is -2.98. The number of hydrogen-bond donors (Lipinski definition) is 1. The topological polar surface area (TPSA) is 98.2 Å². The Morgan fingerprint density at radius 1 is 1.29 bits per heavy atom. The highest BCUT2D eigenvalue weighted by Gasteiger charge is 2.20. The van der Waals surface area contributed by atoms with Crippen LogP contribution in [0.2, 0.25) is 0 Å². The molecule has 0 unspecified atom stereocenters. The Bertz CT molecular complexity index is 859. The summed E-state index contributed by atoms with van der Waals surface area (Å²) in [6, 6.07) is 0. The van der Waals surface area contributed by atoms with Crippen LogP contribution in [0.3, 0.4) is 0 Å². The molecule has 7 nitrogen and oxygen atoms in total. The summed E-state index contributed by atoms with van der Waals surface area (Å²) < 4.78 is 27.5. The molecule has 0 spiro atoms. The number of fused-ring (bicyclic) bond motifs is 1. The average molecular weight is 371 g/mol. The van der Waals surface area contributed by atoms with Crippen molar-refractivity contribution in [1.82, 2.24) is 9.97 Å². The van der Waals surface area contributed by atoms with E-state index in [1.807, 2.05) is 6.92 Å². The predicted octanol–water partition coefficient (Wildman–Crippen LogP) is 2.33. The lowest BCUT2D eigenvalue weighted by atomic mass is 10.2. The largest absolute Gasteiger partial charge is 0.462 e. The smallest absolute Gasteiger partial charge is 0.348 e. The van der Waals surface area contributed by atoms with E-state index in [0.29, 0.717) is 40.9 Å². The number of carbonyl (C=O) groups excluding carboxylic acids is 1. The second-order valence-electron chi connectivity index (χ2n) is 5.49. The van der Waals surface area contributed by atoms with Gasteiger partial charge in [-0.2, -0.15) is 0 Å². The molecule has 0 atom stereocenters. The van der Waals surface area contributed by atoms with Gasteiger partial charge in [-0.3, -0.25) is 0 Å². The molecule has 1 N–H and O–H groups in total. The van der Waals surface area contributed by atoms with Crippen LogP contribution in [0.4, 0.5) is 5.82 Å². The summed E-state index contributed by atoms with van der Waals surface area (Å²) in [7, 11) is -2.98. The standard InChI is InChI=1S/C15H21N3O4S2/c1-5-22-15(19)12-9(2)11-13(16-7-6-8-24(4,20)21)17-10(3)18-14(11)23-12/h5-8H2,1-4H3,(H,16,17,18). The van der Waals surface area contributed by atoms with Crippen LogP contribution < -0.4 is 5.32 Å². The van der Waals surface area contributed by atoms with Crippen molar-refractivity contribution < 1.29 is 17.9 Å². The summed E-state index contributed by atoms with van der Waals surface area (Å²) in [5.74, 6) is 0.961. The van der Waals surface area contributed by atoms with Gasteiger partial charge in [0.25, 0.3) is 0 Å². The van der Waals surface area contributed by atoms with Gasteiger partial charge in [-0.25, -0.2) is 23.2 Å². The van der Waals surface area contributed by atoms with E-state index in [-0.39, 0.29) is 11.7 Å². The third kappa shape index (κ3) is 4.41. The van der Waals surface area contributed by atoms with Gasteiger partial charge >= 0.3 is 5.97 Å². The van der Waals surface area contributed by atoms with E-state index >= 15 is 0 Å². The number of thiophene rings is 1.